The van der Waals surface area contributed by atoms with Gasteiger partial charge in [-0.2, -0.15) is 0 Å². The molecule has 3 N–H and O–H groups in total. The lowest BCUT2D eigenvalue weighted by atomic mass is 10.1. The summed E-state index contributed by atoms with van der Waals surface area (Å²) in [6.45, 7) is 7.22. The molecule has 1 heterocycles. The van der Waals surface area contributed by atoms with E-state index in [4.69, 9.17) is 0 Å². The molecule has 8 nitrogen and oxygen atoms in total. The Labute approximate surface area is 170 Å². The van der Waals surface area contributed by atoms with Gasteiger partial charge < -0.3 is 20.9 Å². The Hall–Kier alpha value is -3.16. The summed E-state index contributed by atoms with van der Waals surface area (Å²) < 4.78 is 0. The van der Waals surface area contributed by atoms with Crippen LogP contribution < -0.4 is 16.0 Å². The lowest BCUT2D eigenvalue weighted by Gasteiger charge is -2.31. The van der Waals surface area contributed by atoms with Gasteiger partial charge in [0.25, 0.3) is 5.91 Å². The van der Waals surface area contributed by atoms with Crippen molar-refractivity contribution in [2.75, 3.05) is 17.2 Å². The summed E-state index contributed by atoms with van der Waals surface area (Å²) in [5.74, 6) is -1.47. The first kappa shape index (κ1) is 22.1. The summed E-state index contributed by atoms with van der Waals surface area (Å²) in [4.78, 5) is 51.5. The third-order valence-corrected chi connectivity index (χ3v) is 4.63. The number of amides is 4. The van der Waals surface area contributed by atoms with Crippen LogP contribution in [-0.4, -0.2) is 47.2 Å². The second-order valence-electron chi connectivity index (χ2n) is 6.93. The van der Waals surface area contributed by atoms with Crippen LogP contribution in [-0.2, 0) is 14.4 Å². The molecule has 1 aliphatic rings. The van der Waals surface area contributed by atoms with Gasteiger partial charge in [0.1, 0.15) is 12.1 Å². The largest absolute Gasteiger partial charge is 0.354 e. The Morgan fingerprint density at radius 1 is 1.31 bits per heavy atom. The van der Waals surface area contributed by atoms with Crippen molar-refractivity contribution in [1.29, 1.82) is 0 Å². The van der Waals surface area contributed by atoms with Crippen LogP contribution in [0.5, 0.6) is 0 Å². The van der Waals surface area contributed by atoms with E-state index in [0.29, 0.717) is 17.9 Å². The van der Waals surface area contributed by atoms with Crippen molar-refractivity contribution in [3.05, 3.63) is 35.9 Å². The van der Waals surface area contributed by atoms with Crippen molar-refractivity contribution in [1.82, 2.24) is 10.2 Å². The highest BCUT2D eigenvalue weighted by molar-refractivity contribution is 6.12. The summed E-state index contributed by atoms with van der Waals surface area (Å²) in [7, 11) is 0. The average molecular weight is 400 g/mol. The van der Waals surface area contributed by atoms with Gasteiger partial charge in [-0.25, -0.2) is 0 Å². The van der Waals surface area contributed by atoms with E-state index in [-0.39, 0.29) is 23.3 Å². The lowest BCUT2D eigenvalue weighted by molar-refractivity contribution is -0.127. The third kappa shape index (κ3) is 5.22. The number of benzene rings is 1. The molecule has 0 fully saturated rings. The Bertz CT molecular complexity index is 834. The summed E-state index contributed by atoms with van der Waals surface area (Å²) in [6, 6.07) is 2.89. The topological polar surface area (TPSA) is 108 Å². The molecule has 1 aliphatic heterocycles. The SMILES string of the molecule is C/C=C/C(C(=O)NCCCC)N1C(=O)c2cc(NC(C)=O)ccc2NC(=O)[C@@H]1C. The highest BCUT2D eigenvalue weighted by Gasteiger charge is 2.38. The number of unbranched alkanes of at least 4 members (excludes halogenated alkanes) is 1. The number of fused-ring (bicyclic) bond motifs is 1. The van der Waals surface area contributed by atoms with Crippen LogP contribution in [0.2, 0.25) is 0 Å². The Kier molecular flexibility index (Phi) is 7.52. The van der Waals surface area contributed by atoms with Crippen LogP contribution in [0.25, 0.3) is 0 Å². The molecule has 0 saturated heterocycles. The first-order chi connectivity index (χ1) is 13.8. The number of nitrogens with one attached hydrogen (secondary N) is 3. The molecule has 1 aromatic carbocycles. The van der Waals surface area contributed by atoms with Crippen molar-refractivity contribution >= 4 is 35.0 Å². The van der Waals surface area contributed by atoms with Crippen LogP contribution in [0.4, 0.5) is 11.4 Å². The van der Waals surface area contributed by atoms with Crippen molar-refractivity contribution in [3.8, 4) is 0 Å². The molecule has 0 saturated carbocycles. The van der Waals surface area contributed by atoms with Crippen LogP contribution in [0, 0.1) is 0 Å². The maximum Gasteiger partial charge on any atom is 0.257 e. The van der Waals surface area contributed by atoms with Crippen molar-refractivity contribution in [3.63, 3.8) is 0 Å². The van der Waals surface area contributed by atoms with E-state index < -0.39 is 18.0 Å². The minimum atomic E-state index is -0.930. The maximum absolute atomic E-state index is 13.4. The molecule has 8 heteroatoms. The van der Waals surface area contributed by atoms with E-state index >= 15 is 0 Å². The summed E-state index contributed by atoms with van der Waals surface area (Å²) >= 11 is 0. The fourth-order valence-electron chi connectivity index (χ4n) is 3.14. The molecular formula is C21H28N4O4. The van der Waals surface area contributed by atoms with Crippen LogP contribution in [0.3, 0.4) is 0 Å². The molecule has 29 heavy (non-hydrogen) atoms. The summed E-state index contributed by atoms with van der Waals surface area (Å²) in [6.07, 6.45) is 5.03. The number of hydrogen-bond acceptors (Lipinski definition) is 4. The van der Waals surface area contributed by atoms with Gasteiger partial charge in [-0.05, 0) is 38.5 Å². The van der Waals surface area contributed by atoms with Crippen LogP contribution in [0.15, 0.2) is 30.4 Å². The molecule has 1 unspecified atom stereocenters. The number of nitrogens with zero attached hydrogens (tertiary/aromatic N) is 1. The lowest BCUT2D eigenvalue weighted by Crippen LogP contribution is -2.54. The predicted molar refractivity (Wildman–Crippen MR) is 112 cm³/mol. The molecule has 156 valence electrons. The van der Waals surface area contributed by atoms with Crippen LogP contribution >= 0.6 is 0 Å². The summed E-state index contributed by atoms with van der Waals surface area (Å²) in [5, 5.41) is 8.19. The second kappa shape index (κ2) is 9.86. The smallest absolute Gasteiger partial charge is 0.257 e. The molecule has 0 bridgehead atoms. The Balaban J connectivity index is 2.46. The van der Waals surface area contributed by atoms with E-state index in [9.17, 15) is 19.2 Å². The first-order valence-corrected chi connectivity index (χ1v) is 9.75. The molecule has 0 aliphatic carbocycles. The van der Waals surface area contributed by atoms with E-state index in [2.05, 4.69) is 16.0 Å². The number of carbonyl (C=O) groups excluding carboxylic acids is 4. The van der Waals surface area contributed by atoms with Gasteiger partial charge in [-0.15, -0.1) is 0 Å². The van der Waals surface area contributed by atoms with Gasteiger partial charge in [0.2, 0.25) is 17.7 Å². The Morgan fingerprint density at radius 3 is 2.66 bits per heavy atom. The van der Waals surface area contributed by atoms with E-state index in [1.165, 1.54) is 17.9 Å². The normalized spacial score (nSPS) is 17.4. The molecule has 2 atom stereocenters. The predicted octanol–water partition coefficient (Wildman–Crippen LogP) is 2.29. The molecule has 1 aromatic rings. The molecule has 2 rings (SSSR count). The fraction of sp³-hybridized carbons (Fsp3) is 0.429. The van der Waals surface area contributed by atoms with E-state index in [1.807, 2.05) is 6.92 Å². The van der Waals surface area contributed by atoms with Crippen LogP contribution in [0.1, 0.15) is 50.9 Å². The van der Waals surface area contributed by atoms with Gasteiger partial charge in [0, 0.05) is 19.2 Å². The first-order valence-electron chi connectivity index (χ1n) is 9.75. The molecule has 0 spiro atoms. The van der Waals surface area contributed by atoms with Gasteiger partial charge in [0.05, 0.1) is 11.3 Å². The van der Waals surface area contributed by atoms with Gasteiger partial charge in [-0.3, -0.25) is 19.2 Å². The molecule has 4 amide bonds. The molecule has 0 radical (unpaired) electrons. The van der Waals surface area contributed by atoms with Gasteiger partial charge in [-0.1, -0.05) is 25.5 Å². The zero-order valence-corrected chi connectivity index (χ0v) is 17.2. The van der Waals surface area contributed by atoms with Crippen molar-refractivity contribution < 1.29 is 19.2 Å². The van der Waals surface area contributed by atoms with E-state index in [0.717, 1.165) is 12.8 Å². The zero-order chi connectivity index (χ0) is 21.6. The fourth-order valence-corrected chi connectivity index (χ4v) is 3.14. The Morgan fingerprint density at radius 2 is 2.03 bits per heavy atom. The molecule has 0 aromatic heterocycles. The number of anilines is 2. The maximum atomic E-state index is 13.4. The van der Waals surface area contributed by atoms with Crippen molar-refractivity contribution in [2.45, 2.75) is 52.6 Å². The van der Waals surface area contributed by atoms with E-state index in [1.54, 1.807) is 38.1 Å². The van der Waals surface area contributed by atoms with Crippen molar-refractivity contribution in [2.24, 2.45) is 0 Å². The highest BCUT2D eigenvalue weighted by atomic mass is 16.2. The quantitative estimate of drug-likeness (QED) is 0.482. The average Bonchev–Trinajstić information content (AvgIpc) is 2.75. The third-order valence-electron chi connectivity index (χ3n) is 4.63. The second-order valence-corrected chi connectivity index (χ2v) is 6.93. The highest BCUT2D eigenvalue weighted by Crippen LogP contribution is 2.28. The number of carbonyl (C=O) groups is 4. The summed E-state index contributed by atoms with van der Waals surface area (Å²) in [5.41, 5.74) is 0.988. The number of allylic oxidation sites excluding steroid dienone is 1. The van der Waals surface area contributed by atoms with Gasteiger partial charge in [0.15, 0.2) is 0 Å². The molecular weight excluding hydrogens is 372 g/mol. The minimum Gasteiger partial charge on any atom is -0.354 e. The monoisotopic (exact) mass is 400 g/mol. The zero-order valence-electron chi connectivity index (χ0n) is 17.2. The minimum absolute atomic E-state index is 0.213. The van der Waals surface area contributed by atoms with Gasteiger partial charge >= 0.3 is 0 Å². The standard InChI is InChI=1S/C21H28N4O4/c1-5-7-11-22-20(28)18(8-6-2)25-13(3)19(27)24-17-10-9-15(23-14(4)26)12-16(17)21(25)29/h6,8-10,12-13,18H,5,7,11H2,1-4H3,(H,22,28)(H,23,26)(H,24,27)/b8-6+/t13-,18?/m0/s1. The number of hydrogen-bond donors (Lipinski definition) is 3. The number of rotatable bonds is 7.